The van der Waals surface area contributed by atoms with Crippen LogP contribution >= 0.6 is 0 Å². The molecule has 13 heteroatoms. The van der Waals surface area contributed by atoms with Crippen molar-refractivity contribution in [3.63, 3.8) is 0 Å². The van der Waals surface area contributed by atoms with Crippen LogP contribution in [0.25, 0.3) is 10.9 Å². The molecule has 0 fully saturated rings. The Morgan fingerprint density at radius 2 is 1.52 bits per heavy atom. The molecule has 1 heterocycles. The van der Waals surface area contributed by atoms with Crippen molar-refractivity contribution in [2.75, 3.05) is 6.54 Å². The van der Waals surface area contributed by atoms with Gasteiger partial charge in [0.1, 0.15) is 18.1 Å². The Morgan fingerprint density at radius 3 is 2.15 bits per heavy atom. The highest BCUT2D eigenvalue weighted by molar-refractivity contribution is 5.94. The first-order chi connectivity index (χ1) is 18.9. The number of nitrogens with two attached hydrogens (primary N) is 2. The molecular formula is C27H40N6O7. The fourth-order valence-corrected chi connectivity index (χ4v) is 4.25. The summed E-state index contributed by atoms with van der Waals surface area (Å²) in [6, 6.07) is 2.95. The molecule has 220 valence electrons. The summed E-state index contributed by atoms with van der Waals surface area (Å²) in [4.78, 5) is 65.0. The van der Waals surface area contributed by atoms with E-state index in [9.17, 15) is 29.1 Å². The molecule has 2 aromatic rings. The van der Waals surface area contributed by atoms with E-state index >= 15 is 0 Å². The van der Waals surface area contributed by atoms with E-state index in [-0.39, 0.29) is 19.3 Å². The van der Waals surface area contributed by atoms with Crippen LogP contribution in [0, 0.1) is 5.92 Å². The van der Waals surface area contributed by atoms with Gasteiger partial charge in [-0.3, -0.25) is 19.2 Å². The predicted octanol–water partition coefficient (Wildman–Crippen LogP) is 0.227. The van der Waals surface area contributed by atoms with Crippen molar-refractivity contribution in [1.82, 2.24) is 20.9 Å². The van der Waals surface area contributed by atoms with Crippen LogP contribution < -0.4 is 27.4 Å². The minimum atomic E-state index is -1.34. The third kappa shape index (κ3) is 9.65. The maximum absolute atomic E-state index is 13.3. The number of aliphatic carboxylic acids is 2. The van der Waals surface area contributed by atoms with Gasteiger partial charge in [0.2, 0.25) is 17.7 Å². The molecule has 4 atom stereocenters. The summed E-state index contributed by atoms with van der Waals surface area (Å²) < 4.78 is 0. The Labute approximate surface area is 232 Å². The van der Waals surface area contributed by atoms with E-state index in [0.717, 1.165) is 16.5 Å². The first-order valence-electron chi connectivity index (χ1n) is 13.3. The van der Waals surface area contributed by atoms with Gasteiger partial charge in [0.15, 0.2) is 0 Å². The number of carbonyl (C=O) groups excluding carboxylic acids is 3. The van der Waals surface area contributed by atoms with E-state index in [0.29, 0.717) is 19.4 Å². The van der Waals surface area contributed by atoms with Gasteiger partial charge < -0.3 is 42.6 Å². The molecule has 0 bridgehead atoms. The van der Waals surface area contributed by atoms with Crippen molar-refractivity contribution in [1.29, 1.82) is 0 Å². The molecule has 0 aliphatic carbocycles. The van der Waals surface area contributed by atoms with E-state index in [4.69, 9.17) is 16.6 Å². The number of hydrogen-bond acceptors (Lipinski definition) is 7. The molecule has 0 saturated carbocycles. The van der Waals surface area contributed by atoms with Crippen LogP contribution in [0.15, 0.2) is 30.5 Å². The third-order valence-corrected chi connectivity index (χ3v) is 6.54. The standard InChI is InChI=1S/C27H40N6O7/c1-15(2)23(27(39)40)33-26(38)21(10-11-22(34)35)32-25(37)20(9-5-6-12-28)31-24(36)18(29)13-16-14-30-19-8-4-3-7-17(16)19/h3-4,7-8,14-15,18,20-21,23,30H,5-6,9-13,28-29H2,1-2H3,(H,31,36)(H,32,37)(H,33,38)(H,34,35)(H,39,40). The van der Waals surface area contributed by atoms with Gasteiger partial charge in [0.05, 0.1) is 6.04 Å². The monoisotopic (exact) mass is 560 g/mol. The number of para-hydroxylation sites is 1. The lowest BCUT2D eigenvalue weighted by atomic mass is 10.0. The minimum Gasteiger partial charge on any atom is -0.481 e. The van der Waals surface area contributed by atoms with E-state index in [1.165, 1.54) is 0 Å². The number of benzene rings is 1. The quantitative estimate of drug-likeness (QED) is 0.124. The molecule has 0 spiro atoms. The van der Waals surface area contributed by atoms with Gasteiger partial charge >= 0.3 is 11.9 Å². The zero-order valence-electron chi connectivity index (χ0n) is 22.8. The molecule has 0 aliphatic rings. The number of amides is 3. The van der Waals surface area contributed by atoms with Gasteiger partial charge in [-0.05, 0) is 56.2 Å². The number of aromatic amines is 1. The van der Waals surface area contributed by atoms with Gasteiger partial charge in [-0.1, -0.05) is 32.0 Å². The molecule has 13 nitrogen and oxygen atoms in total. The summed E-state index contributed by atoms with van der Waals surface area (Å²) in [5.74, 6) is -5.04. The van der Waals surface area contributed by atoms with Crippen LogP contribution in [0.3, 0.4) is 0 Å². The number of carboxylic acid groups (broad SMARTS) is 2. The summed E-state index contributed by atoms with van der Waals surface area (Å²) >= 11 is 0. The lowest BCUT2D eigenvalue weighted by Crippen LogP contribution is -2.57. The van der Waals surface area contributed by atoms with Crippen molar-refractivity contribution in [2.24, 2.45) is 17.4 Å². The van der Waals surface area contributed by atoms with Crippen LogP contribution in [-0.2, 0) is 30.4 Å². The molecule has 40 heavy (non-hydrogen) atoms. The number of unbranched alkanes of at least 4 members (excludes halogenated alkanes) is 1. The van der Waals surface area contributed by atoms with Gasteiger partial charge in [-0.25, -0.2) is 4.79 Å². The van der Waals surface area contributed by atoms with Gasteiger partial charge in [-0.15, -0.1) is 0 Å². The number of H-pyrrole nitrogens is 1. The molecule has 0 saturated heterocycles. The number of rotatable bonds is 17. The van der Waals surface area contributed by atoms with Crippen LogP contribution in [-0.4, -0.2) is 75.6 Å². The lowest BCUT2D eigenvalue weighted by molar-refractivity contribution is -0.144. The smallest absolute Gasteiger partial charge is 0.326 e. The second kappa shape index (κ2) is 15.6. The Morgan fingerprint density at radius 1 is 0.900 bits per heavy atom. The number of carboxylic acids is 2. The van der Waals surface area contributed by atoms with Crippen molar-refractivity contribution in [2.45, 2.75) is 76.5 Å². The second-order valence-corrected chi connectivity index (χ2v) is 10.1. The average Bonchev–Trinajstić information content (AvgIpc) is 3.30. The molecule has 0 radical (unpaired) electrons. The van der Waals surface area contributed by atoms with Gasteiger partial charge in [0.25, 0.3) is 0 Å². The molecule has 3 amide bonds. The highest BCUT2D eigenvalue weighted by atomic mass is 16.4. The maximum Gasteiger partial charge on any atom is 0.326 e. The average molecular weight is 561 g/mol. The fourth-order valence-electron chi connectivity index (χ4n) is 4.25. The summed E-state index contributed by atoms with van der Waals surface area (Å²) in [5, 5.41) is 27.0. The normalized spacial score (nSPS) is 14.2. The van der Waals surface area contributed by atoms with Gasteiger partial charge in [-0.2, -0.15) is 0 Å². The Hall–Kier alpha value is -3.97. The van der Waals surface area contributed by atoms with E-state index in [2.05, 4.69) is 20.9 Å². The largest absolute Gasteiger partial charge is 0.481 e. The molecule has 1 aromatic heterocycles. The molecule has 1 aromatic carbocycles. The topological polar surface area (TPSA) is 230 Å². The van der Waals surface area contributed by atoms with E-state index in [1.807, 2.05) is 24.3 Å². The Balaban J connectivity index is 2.16. The fraction of sp³-hybridized carbons (Fsp3) is 0.519. The van der Waals surface area contributed by atoms with E-state index in [1.54, 1.807) is 20.0 Å². The van der Waals surface area contributed by atoms with E-state index < -0.39 is 66.2 Å². The zero-order valence-corrected chi connectivity index (χ0v) is 22.8. The number of fused-ring (bicyclic) bond motifs is 1. The van der Waals surface area contributed by atoms with Crippen LogP contribution in [0.4, 0.5) is 0 Å². The van der Waals surface area contributed by atoms with Crippen LogP contribution in [0.2, 0.25) is 0 Å². The van der Waals surface area contributed by atoms with Crippen molar-refractivity contribution in [3.05, 3.63) is 36.0 Å². The first-order valence-corrected chi connectivity index (χ1v) is 13.3. The number of hydrogen-bond donors (Lipinski definition) is 8. The third-order valence-electron chi connectivity index (χ3n) is 6.54. The molecule has 10 N–H and O–H groups in total. The number of carbonyl (C=O) groups is 5. The lowest BCUT2D eigenvalue weighted by Gasteiger charge is -2.26. The summed E-state index contributed by atoms with van der Waals surface area (Å²) in [6.45, 7) is 3.58. The van der Waals surface area contributed by atoms with Crippen molar-refractivity contribution >= 4 is 40.6 Å². The van der Waals surface area contributed by atoms with Crippen molar-refractivity contribution < 1.29 is 34.2 Å². The van der Waals surface area contributed by atoms with Crippen LogP contribution in [0.5, 0.6) is 0 Å². The number of aromatic nitrogens is 1. The molecule has 4 unspecified atom stereocenters. The minimum absolute atomic E-state index is 0.200. The Kier molecular flexibility index (Phi) is 12.6. The summed E-state index contributed by atoms with van der Waals surface area (Å²) in [6.07, 6.45) is 2.54. The van der Waals surface area contributed by atoms with Gasteiger partial charge in [0, 0.05) is 23.5 Å². The highest BCUT2D eigenvalue weighted by Crippen LogP contribution is 2.19. The van der Waals surface area contributed by atoms with Crippen molar-refractivity contribution in [3.8, 4) is 0 Å². The predicted molar refractivity (Wildman–Crippen MR) is 148 cm³/mol. The zero-order chi connectivity index (χ0) is 29.8. The highest BCUT2D eigenvalue weighted by Gasteiger charge is 2.31. The van der Waals surface area contributed by atoms with Crippen LogP contribution in [0.1, 0.15) is 51.5 Å². The first kappa shape index (κ1) is 32.2. The number of nitrogens with one attached hydrogen (secondary N) is 4. The molecule has 0 aliphatic heterocycles. The molecule has 2 rings (SSSR count). The SMILES string of the molecule is CC(C)C(NC(=O)C(CCC(=O)O)NC(=O)C(CCCCN)NC(=O)C(N)Cc1c[nH]c2ccccc12)C(=O)O. The summed E-state index contributed by atoms with van der Waals surface area (Å²) in [7, 11) is 0. The maximum atomic E-state index is 13.3. The second-order valence-electron chi connectivity index (χ2n) is 10.1. The summed E-state index contributed by atoms with van der Waals surface area (Å²) in [5.41, 5.74) is 13.5. The Bertz CT molecular complexity index is 1180. The molecular weight excluding hydrogens is 520 g/mol.